The second kappa shape index (κ2) is 14.2. The Morgan fingerprint density at radius 3 is 1.71 bits per heavy atom. The van der Waals surface area contributed by atoms with Gasteiger partial charge < -0.3 is 5.73 Å². The lowest BCUT2D eigenvalue weighted by molar-refractivity contribution is -0.123. The van der Waals surface area contributed by atoms with Crippen molar-refractivity contribution in [3.63, 3.8) is 0 Å². The third-order valence-corrected chi connectivity index (χ3v) is 8.06. The van der Waals surface area contributed by atoms with Crippen LogP contribution in [0.3, 0.4) is 0 Å². The first-order valence-electron chi connectivity index (χ1n) is 13.6. The highest BCUT2D eigenvalue weighted by Gasteiger charge is 2.38. The molecule has 1 amide bonds. The minimum absolute atomic E-state index is 0.0409. The molecular weight excluding hydrogens is 382 g/mol. The van der Waals surface area contributed by atoms with Crippen LogP contribution in [0.1, 0.15) is 136 Å². The molecule has 1 atom stereocenters. The second-order valence-corrected chi connectivity index (χ2v) is 10.9. The van der Waals surface area contributed by atoms with Crippen LogP contribution in [-0.2, 0) is 4.79 Å². The van der Waals surface area contributed by atoms with Gasteiger partial charge in [-0.1, -0.05) is 117 Å². The molecular formula is C27H51N3O. The molecule has 180 valence electrons. The lowest BCUT2D eigenvalue weighted by Crippen LogP contribution is -2.39. The molecule has 4 heteroatoms. The van der Waals surface area contributed by atoms with Crippen LogP contribution in [0, 0.1) is 17.8 Å². The maximum Gasteiger partial charge on any atom is 0.254 e. The number of rotatable bonds is 4. The topological polar surface area (TPSA) is 67.5 Å². The molecule has 3 saturated carbocycles. The number of carbonyl (C=O) groups excluding carboxylic acids is 1. The Morgan fingerprint density at radius 1 is 0.871 bits per heavy atom. The van der Waals surface area contributed by atoms with Crippen LogP contribution < -0.4 is 11.1 Å². The van der Waals surface area contributed by atoms with Gasteiger partial charge in [-0.15, -0.1) is 0 Å². The molecule has 3 aliphatic carbocycles. The van der Waals surface area contributed by atoms with Crippen molar-refractivity contribution < 1.29 is 4.79 Å². The number of hydrogen-bond acceptors (Lipinski definition) is 3. The first-order valence-corrected chi connectivity index (χ1v) is 13.6. The Kier molecular flexibility index (Phi) is 12.0. The molecule has 0 saturated heterocycles. The highest BCUT2D eigenvalue weighted by molar-refractivity contribution is 6.06. The van der Waals surface area contributed by atoms with Gasteiger partial charge in [0.1, 0.15) is 5.54 Å². The molecule has 0 aromatic heterocycles. The molecule has 1 aliphatic heterocycles. The van der Waals surface area contributed by atoms with E-state index in [9.17, 15) is 4.79 Å². The summed E-state index contributed by atoms with van der Waals surface area (Å²) in [6.45, 7) is 6.56. The first-order chi connectivity index (χ1) is 14.9. The number of aliphatic imine (C=N–C) groups is 1. The van der Waals surface area contributed by atoms with Crippen LogP contribution in [0.5, 0.6) is 0 Å². The number of nitrogens with one attached hydrogen (secondary N) is 1. The molecule has 0 bridgehead atoms. The number of nitrogens with two attached hydrogens (primary N) is 1. The van der Waals surface area contributed by atoms with Crippen LogP contribution in [-0.4, -0.2) is 17.4 Å². The van der Waals surface area contributed by atoms with E-state index in [1.807, 2.05) is 6.92 Å². The van der Waals surface area contributed by atoms with Crippen LogP contribution in [0.2, 0.25) is 0 Å². The Bertz CT molecular complexity index is 529. The van der Waals surface area contributed by atoms with Gasteiger partial charge in [-0.3, -0.25) is 10.1 Å². The van der Waals surface area contributed by atoms with Crippen molar-refractivity contribution in [2.24, 2.45) is 28.5 Å². The summed E-state index contributed by atoms with van der Waals surface area (Å²) in [5.41, 5.74) is 4.92. The van der Waals surface area contributed by atoms with E-state index >= 15 is 0 Å². The molecule has 4 nitrogen and oxygen atoms in total. The fourth-order valence-electron chi connectivity index (χ4n) is 5.63. The zero-order chi connectivity index (χ0) is 22.5. The van der Waals surface area contributed by atoms with Gasteiger partial charge in [0.05, 0.1) is 0 Å². The van der Waals surface area contributed by atoms with E-state index in [-0.39, 0.29) is 11.9 Å². The molecule has 1 unspecified atom stereocenters. The molecule has 1 heterocycles. The normalized spacial score (nSPS) is 28.0. The zero-order valence-electron chi connectivity index (χ0n) is 20.9. The summed E-state index contributed by atoms with van der Waals surface area (Å²) in [6, 6.07) is 0. The van der Waals surface area contributed by atoms with E-state index in [4.69, 9.17) is 5.73 Å². The van der Waals surface area contributed by atoms with Crippen LogP contribution >= 0.6 is 0 Å². The van der Waals surface area contributed by atoms with Gasteiger partial charge in [-0.2, -0.15) is 0 Å². The Hall–Kier alpha value is -1.06. The predicted octanol–water partition coefficient (Wildman–Crippen LogP) is 7.11. The average Bonchev–Trinajstić information content (AvgIpc) is 3.06. The molecule has 3 fully saturated rings. The minimum Gasteiger partial charge on any atom is -0.370 e. The van der Waals surface area contributed by atoms with Gasteiger partial charge in [0.2, 0.25) is 0 Å². The molecule has 0 spiro atoms. The maximum atomic E-state index is 11.7. The Morgan fingerprint density at radius 2 is 1.35 bits per heavy atom. The van der Waals surface area contributed by atoms with Crippen molar-refractivity contribution in [2.45, 2.75) is 142 Å². The van der Waals surface area contributed by atoms with Gasteiger partial charge >= 0.3 is 0 Å². The summed E-state index contributed by atoms with van der Waals surface area (Å²) in [4.78, 5) is 15.9. The Balaban J connectivity index is 0.000000189. The van der Waals surface area contributed by atoms with Gasteiger partial charge in [0.15, 0.2) is 5.96 Å². The smallest absolute Gasteiger partial charge is 0.254 e. The molecule has 0 radical (unpaired) electrons. The van der Waals surface area contributed by atoms with E-state index < -0.39 is 5.54 Å². The summed E-state index contributed by atoms with van der Waals surface area (Å²) < 4.78 is 0. The molecule has 31 heavy (non-hydrogen) atoms. The number of amides is 1. The van der Waals surface area contributed by atoms with Gasteiger partial charge in [0, 0.05) is 0 Å². The Labute approximate surface area is 192 Å². The van der Waals surface area contributed by atoms with E-state index in [0.717, 1.165) is 30.6 Å². The number of nitrogens with zero attached hydrogens (tertiary/aromatic N) is 1. The lowest BCUT2D eigenvalue weighted by Gasteiger charge is -2.25. The van der Waals surface area contributed by atoms with Crippen molar-refractivity contribution in [2.75, 3.05) is 0 Å². The maximum absolute atomic E-state index is 11.7. The second-order valence-electron chi connectivity index (χ2n) is 10.9. The van der Waals surface area contributed by atoms with E-state index in [1.165, 1.54) is 103 Å². The molecule has 0 aromatic carbocycles. The summed E-state index contributed by atoms with van der Waals surface area (Å²) in [7, 11) is 0. The zero-order valence-corrected chi connectivity index (χ0v) is 20.9. The van der Waals surface area contributed by atoms with Crippen molar-refractivity contribution in [1.29, 1.82) is 0 Å². The van der Waals surface area contributed by atoms with Gasteiger partial charge in [0.25, 0.3) is 5.91 Å². The number of guanidine groups is 1. The van der Waals surface area contributed by atoms with E-state index in [1.54, 1.807) is 0 Å². The van der Waals surface area contributed by atoms with Gasteiger partial charge in [-0.25, -0.2) is 4.99 Å². The SMILES string of the molecule is CC1(CCC2CCCCC2)N=C(N)NC1=O.CC1CCCCC1.CCC1CCCCC1. The summed E-state index contributed by atoms with van der Waals surface area (Å²) in [5, 5.41) is 2.58. The van der Waals surface area contributed by atoms with Crippen molar-refractivity contribution in [3.8, 4) is 0 Å². The van der Waals surface area contributed by atoms with Crippen LogP contribution in [0.4, 0.5) is 0 Å². The minimum atomic E-state index is -0.610. The first kappa shape index (κ1) is 26.2. The largest absolute Gasteiger partial charge is 0.370 e. The van der Waals surface area contributed by atoms with E-state index in [0.29, 0.717) is 0 Å². The molecule has 0 aromatic rings. The lowest BCUT2D eigenvalue weighted by atomic mass is 9.82. The monoisotopic (exact) mass is 433 g/mol. The summed E-state index contributed by atoms with van der Waals surface area (Å²) in [6.07, 6.45) is 25.0. The fraction of sp³-hybridized carbons (Fsp3) is 0.926. The average molecular weight is 434 g/mol. The standard InChI is InChI=1S/C12H21N3O.C8H16.C7H14/c1-12(10(16)14-11(13)15-12)8-7-9-5-3-2-4-6-9;1-2-8-6-4-3-5-7-8;1-7-5-3-2-4-6-7/h9H,2-8H2,1H3,(H3,13,14,15,16);8H,2-7H2,1H3;7H,2-6H2,1H3. The van der Waals surface area contributed by atoms with Crippen molar-refractivity contribution in [1.82, 2.24) is 5.32 Å². The van der Waals surface area contributed by atoms with Crippen LogP contribution in [0.15, 0.2) is 4.99 Å². The predicted molar refractivity (Wildman–Crippen MR) is 133 cm³/mol. The number of carbonyl (C=O) groups is 1. The van der Waals surface area contributed by atoms with E-state index in [2.05, 4.69) is 24.2 Å². The van der Waals surface area contributed by atoms with Crippen molar-refractivity contribution in [3.05, 3.63) is 0 Å². The summed E-state index contributed by atoms with van der Waals surface area (Å²) in [5.74, 6) is 3.14. The van der Waals surface area contributed by atoms with Crippen LogP contribution in [0.25, 0.3) is 0 Å². The third kappa shape index (κ3) is 9.95. The third-order valence-electron chi connectivity index (χ3n) is 8.06. The molecule has 4 rings (SSSR count). The quantitative estimate of drug-likeness (QED) is 0.496. The van der Waals surface area contributed by atoms with Crippen molar-refractivity contribution >= 4 is 11.9 Å². The molecule has 3 N–H and O–H groups in total. The summed E-state index contributed by atoms with van der Waals surface area (Å²) >= 11 is 0. The highest BCUT2D eigenvalue weighted by atomic mass is 16.2. The molecule has 4 aliphatic rings. The highest BCUT2D eigenvalue weighted by Crippen LogP contribution is 2.31. The number of hydrogen-bond donors (Lipinski definition) is 2. The fourth-order valence-corrected chi connectivity index (χ4v) is 5.63. The van der Waals surface area contributed by atoms with Gasteiger partial charge in [-0.05, 0) is 37.5 Å².